The Morgan fingerprint density at radius 3 is 2.91 bits per heavy atom. The second-order valence-electron chi connectivity index (χ2n) is 7.39. The fourth-order valence-electron chi connectivity index (χ4n) is 3.55. The summed E-state index contributed by atoms with van der Waals surface area (Å²) in [6.07, 6.45) is 5.58. The van der Waals surface area contributed by atoms with E-state index in [1.165, 1.54) is 18.5 Å². The molecule has 0 bridgehead atoms. The van der Waals surface area contributed by atoms with E-state index in [0.29, 0.717) is 11.3 Å². The molecular weight excluding hydrogens is 418 g/mol. The van der Waals surface area contributed by atoms with E-state index in [2.05, 4.69) is 10.3 Å². The van der Waals surface area contributed by atoms with Crippen LogP contribution in [0.15, 0.2) is 53.2 Å². The molecule has 1 N–H and O–H groups in total. The van der Waals surface area contributed by atoms with Gasteiger partial charge in [-0.05, 0) is 30.4 Å². The second kappa shape index (κ2) is 8.59. The number of hydrogen-bond acceptors (Lipinski definition) is 5. The summed E-state index contributed by atoms with van der Waals surface area (Å²) in [7, 11) is 0. The Bertz CT molecular complexity index is 1210. The number of furan rings is 1. The predicted octanol–water partition coefficient (Wildman–Crippen LogP) is 3.49. The Kier molecular flexibility index (Phi) is 5.69. The van der Waals surface area contributed by atoms with Crippen LogP contribution in [0.2, 0.25) is 0 Å². The lowest BCUT2D eigenvalue weighted by Gasteiger charge is -2.19. The summed E-state index contributed by atoms with van der Waals surface area (Å²) >= 11 is 0. The van der Waals surface area contributed by atoms with Gasteiger partial charge in [0.15, 0.2) is 0 Å². The number of amides is 2. The number of benzene rings is 1. The molecule has 4 rings (SSSR count). The maximum absolute atomic E-state index is 13.5. The first-order valence-electron chi connectivity index (χ1n) is 9.82. The highest BCUT2D eigenvalue weighted by atomic mass is 19.3. The van der Waals surface area contributed by atoms with Crippen molar-refractivity contribution in [2.24, 2.45) is 0 Å². The van der Waals surface area contributed by atoms with Gasteiger partial charge in [-0.15, -0.1) is 0 Å². The number of halogens is 2. The zero-order valence-corrected chi connectivity index (χ0v) is 16.8. The number of nitrogens with zero attached hydrogens (tertiary/aromatic N) is 3. The molecule has 32 heavy (non-hydrogen) atoms. The maximum Gasteiger partial charge on any atom is 0.268 e. The second-order valence-corrected chi connectivity index (χ2v) is 7.39. The average Bonchev–Trinajstić information content (AvgIpc) is 3.35. The molecule has 1 fully saturated rings. The Balaban J connectivity index is 1.44. The molecule has 0 saturated carbocycles. The van der Waals surface area contributed by atoms with E-state index in [0.717, 1.165) is 15.9 Å². The van der Waals surface area contributed by atoms with E-state index in [4.69, 9.17) is 9.68 Å². The van der Waals surface area contributed by atoms with Crippen LogP contribution in [-0.4, -0.2) is 46.8 Å². The number of aromatic nitrogens is 1. The van der Waals surface area contributed by atoms with Crippen molar-refractivity contribution >= 4 is 34.9 Å². The molecule has 1 saturated heterocycles. The molecule has 3 heterocycles. The van der Waals surface area contributed by atoms with Crippen LogP contribution in [0.3, 0.4) is 0 Å². The van der Waals surface area contributed by atoms with Crippen LogP contribution in [0, 0.1) is 11.3 Å². The number of nitrogens with one attached hydrogen (secondary N) is 1. The van der Waals surface area contributed by atoms with Crippen molar-refractivity contribution < 1.29 is 22.8 Å². The maximum atomic E-state index is 13.5. The number of likely N-dealkylation sites (tertiary alicyclic amines) is 1. The third-order valence-corrected chi connectivity index (χ3v) is 5.11. The van der Waals surface area contributed by atoms with Crippen molar-refractivity contribution in [2.45, 2.75) is 18.4 Å². The van der Waals surface area contributed by atoms with Crippen LogP contribution in [0.25, 0.3) is 23.1 Å². The molecule has 2 aromatic heterocycles. The molecule has 2 amide bonds. The summed E-state index contributed by atoms with van der Waals surface area (Å²) < 4.78 is 32.8. The SMILES string of the molecule is N#CC1CC(F)(F)CN1C(=O)CNC(=O)c1ccncc1/C=C/c1cc2ccccc2o1. The van der Waals surface area contributed by atoms with Crippen LogP contribution in [0.4, 0.5) is 8.78 Å². The molecule has 9 heteroatoms. The summed E-state index contributed by atoms with van der Waals surface area (Å²) in [6, 6.07) is 11.4. The van der Waals surface area contributed by atoms with E-state index in [1.54, 1.807) is 18.2 Å². The first-order valence-corrected chi connectivity index (χ1v) is 9.82. The van der Waals surface area contributed by atoms with Crippen molar-refractivity contribution in [1.82, 2.24) is 15.2 Å². The van der Waals surface area contributed by atoms with Crippen molar-refractivity contribution in [3.05, 3.63) is 65.7 Å². The van der Waals surface area contributed by atoms with Gasteiger partial charge >= 0.3 is 0 Å². The van der Waals surface area contributed by atoms with Crippen molar-refractivity contribution in [3.63, 3.8) is 0 Å². The van der Waals surface area contributed by atoms with Gasteiger partial charge in [-0.1, -0.05) is 18.2 Å². The minimum Gasteiger partial charge on any atom is -0.457 e. The van der Waals surface area contributed by atoms with Gasteiger partial charge in [0, 0.05) is 35.3 Å². The molecule has 3 aromatic rings. The number of fused-ring (bicyclic) bond motifs is 1. The van der Waals surface area contributed by atoms with Crippen LogP contribution in [-0.2, 0) is 4.79 Å². The van der Waals surface area contributed by atoms with Crippen LogP contribution < -0.4 is 5.32 Å². The Hall–Kier alpha value is -4.06. The van der Waals surface area contributed by atoms with Gasteiger partial charge in [0.1, 0.15) is 17.4 Å². The Morgan fingerprint density at radius 2 is 2.12 bits per heavy atom. The van der Waals surface area contributed by atoms with Gasteiger partial charge in [-0.25, -0.2) is 8.78 Å². The first-order chi connectivity index (χ1) is 15.4. The highest BCUT2D eigenvalue weighted by Gasteiger charge is 2.47. The fraction of sp³-hybridized carbons (Fsp3) is 0.217. The fourth-order valence-corrected chi connectivity index (χ4v) is 3.55. The average molecular weight is 436 g/mol. The molecule has 1 aromatic carbocycles. The number of carbonyl (C=O) groups excluding carboxylic acids is 2. The zero-order chi connectivity index (χ0) is 22.7. The van der Waals surface area contributed by atoms with Gasteiger partial charge in [-0.3, -0.25) is 14.6 Å². The lowest BCUT2D eigenvalue weighted by atomic mass is 10.1. The number of para-hydroxylation sites is 1. The third-order valence-electron chi connectivity index (χ3n) is 5.11. The lowest BCUT2D eigenvalue weighted by molar-refractivity contribution is -0.131. The van der Waals surface area contributed by atoms with E-state index in [-0.39, 0.29) is 5.56 Å². The normalized spacial score (nSPS) is 17.5. The number of pyridine rings is 1. The molecule has 0 spiro atoms. The topological polar surface area (TPSA) is 99.2 Å². The Morgan fingerprint density at radius 1 is 1.31 bits per heavy atom. The zero-order valence-electron chi connectivity index (χ0n) is 16.8. The summed E-state index contributed by atoms with van der Waals surface area (Å²) in [5.74, 6) is -3.83. The van der Waals surface area contributed by atoms with Gasteiger partial charge < -0.3 is 14.6 Å². The summed E-state index contributed by atoms with van der Waals surface area (Å²) in [5, 5.41) is 12.4. The van der Waals surface area contributed by atoms with Crippen molar-refractivity contribution in [1.29, 1.82) is 5.26 Å². The van der Waals surface area contributed by atoms with Gasteiger partial charge in [0.25, 0.3) is 11.8 Å². The molecule has 7 nitrogen and oxygen atoms in total. The van der Waals surface area contributed by atoms with E-state index in [9.17, 15) is 18.4 Å². The molecule has 1 aliphatic heterocycles. The highest BCUT2D eigenvalue weighted by molar-refractivity contribution is 6.00. The van der Waals surface area contributed by atoms with E-state index < -0.39 is 43.3 Å². The van der Waals surface area contributed by atoms with Crippen LogP contribution >= 0.6 is 0 Å². The molecule has 1 aliphatic rings. The van der Waals surface area contributed by atoms with E-state index >= 15 is 0 Å². The summed E-state index contributed by atoms with van der Waals surface area (Å²) in [6.45, 7) is -1.33. The number of nitriles is 1. The molecule has 1 atom stereocenters. The highest BCUT2D eigenvalue weighted by Crippen LogP contribution is 2.31. The quantitative estimate of drug-likeness (QED) is 0.660. The minimum absolute atomic E-state index is 0.253. The molecular formula is C23H18F2N4O3. The first kappa shape index (κ1) is 21.2. The molecule has 162 valence electrons. The van der Waals surface area contributed by atoms with Crippen LogP contribution in [0.5, 0.6) is 0 Å². The largest absolute Gasteiger partial charge is 0.457 e. The third kappa shape index (κ3) is 4.49. The van der Waals surface area contributed by atoms with E-state index in [1.807, 2.05) is 30.3 Å². The standard InChI is InChI=1S/C23H18F2N4O3/c24-23(25)10-17(11-26)29(14-23)21(30)13-28-22(31)19-7-8-27-12-16(19)5-6-18-9-15-3-1-2-4-20(15)32-18/h1-9,12,17H,10,13-14H2,(H,28,31)/b6-5+. The van der Waals surface area contributed by atoms with Crippen molar-refractivity contribution in [2.75, 3.05) is 13.1 Å². The summed E-state index contributed by atoms with van der Waals surface area (Å²) in [5.41, 5.74) is 1.47. The van der Waals surface area contributed by atoms with Gasteiger partial charge in [0.2, 0.25) is 5.91 Å². The predicted molar refractivity (Wildman–Crippen MR) is 112 cm³/mol. The molecule has 0 radical (unpaired) electrons. The summed E-state index contributed by atoms with van der Waals surface area (Å²) in [4.78, 5) is 29.8. The minimum atomic E-state index is -3.11. The Labute approximate surface area is 181 Å². The monoisotopic (exact) mass is 436 g/mol. The van der Waals surface area contributed by atoms with Crippen molar-refractivity contribution in [3.8, 4) is 6.07 Å². The number of alkyl halides is 2. The number of rotatable bonds is 5. The number of hydrogen-bond donors (Lipinski definition) is 1. The molecule has 1 unspecified atom stereocenters. The van der Waals surface area contributed by atoms with Gasteiger partial charge in [-0.2, -0.15) is 5.26 Å². The van der Waals surface area contributed by atoms with Gasteiger partial charge in [0.05, 0.1) is 19.2 Å². The van der Waals surface area contributed by atoms with Crippen LogP contribution in [0.1, 0.15) is 28.1 Å². The lowest BCUT2D eigenvalue weighted by Crippen LogP contribution is -2.43. The smallest absolute Gasteiger partial charge is 0.268 e. The molecule has 0 aliphatic carbocycles. The number of carbonyl (C=O) groups is 2.